The van der Waals surface area contributed by atoms with Gasteiger partial charge in [0.05, 0.1) is 6.04 Å². The second kappa shape index (κ2) is 5.79. The zero-order chi connectivity index (χ0) is 13.2. The van der Waals surface area contributed by atoms with Crippen molar-refractivity contribution in [2.24, 2.45) is 5.84 Å². The molecule has 0 bridgehead atoms. The predicted octanol–water partition coefficient (Wildman–Crippen LogP) is 3.09. The number of nitrogens with one attached hydrogen (secondary N) is 1. The fraction of sp³-hybridized carbons (Fsp3) is 0.429. The number of hydrogen-bond donors (Lipinski definition) is 2. The Hall–Kier alpha value is -0.620. The third kappa shape index (κ3) is 2.65. The minimum Gasteiger partial charge on any atom is -0.459 e. The molecular weight excluding hydrogens is 276 g/mol. The fourth-order valence-electron chi connectivity index (χ4n) is 2.45. The monoisotopic (exact) mass is 294 g/mol. The Kier molecular flexibility index (Phi) is 4.07. The summed E-state index contributed by atoms with van der Waals surface area (Å²) in [4.78, 5) is 0. The number of nitrogens with two attached hydrogens (primary N) is 1. The summed E-state index contributed by atoms with van der Waals surface area (Å²) >= 11 is 3.97. The summed E-state index contributed by atoms with van der Waals surface area (Å²) in [6.07, 6.45) is 0. The van der Waals surface area contributed by atoms with Crippen molar-refractivity contribution >= 4 is 34.5 Å². The van der Waals surface area contributed by atoms with Gasteiger partial charge < -0.3 is 4.42 Å². The average molecular weight is 294 g/mol. The molecule has 1 saturated heterocycles. The summed E-state index contributed by atoms with van der Waals surface area (Å²) in [5.74, 6) is 10.3. The number of hydrogen-bond acceptors (Lipinski definition) is 5. The molecule has 3 N–H and O–H groups in total. The lowest BCUT2D eigenvalue weighted by Crippen LogP contribution is -2.37. The van der Waals surface area contributed by atoms with E-state index in [0.717, 1.165) is 22.5 Å². The van der Waals surface area contributed by atoms with E-state index in [-0.39, 0.29) is 6.04 Å². The standard InChI is InChI=1S/C14H18N2OS2/c1-9-3-2-4-10-7-11(17-14(9)10)13(16-15)12-8-18-5-6-19-12/h2-4,7,12-13,16H,5-6,8,15H2,1H3. The van der Waals surface area contributed by atoms with Crippen LogP contribution in [0, 0.1) is 6.92 Å². The van der Waals surface area contributed by atoms with Crippen LogP contribution in [-0.2, 0) is 0 Å². The van der Waals surface area contributed by atoms with Gasteiger partial charge in [-0.05, 0) is 18.6 Å². The Morgan fingerprint density at radius 1 is 1.42 bits per heavy atom. The van der Waals surface area contributed by atoms with E-state index in [9.17, 15) is 0 Å². The van der Waals surface area contributed by atoms with Gasteiger partial charge in [-0.3, -0.25) is 5.84 Å². The van der Waals surface area contributed by atoms with Crippen LogP contribution in [0.15, 0.2) is 28.7 Å². The van der Waals surface area contributed by atoms with E-state index < -0.39 is 0 Å². The van der Waals surface area contributed by atoms with E-state index in [1.54, 1.807) is 0 Å². The van der Waals surface area contributed by atoms with Crippen LogP contribution in [0.1, 0.15) is 17.4 Å². The summed E-state index contributed by atoms with van der Waals surface area (Å²) < 4.78 is 6.04. The number of aryl methyl sites for hydroxylation is 1. The highest BCUT2D eigenvalue weighted by molar-refractivity contribution is 8.06. The maximum Gasteiger partial charge on any atom is 0.137 e. The van der Waals surface area contributed by atoms with E-state index in [4.69, 9.17) is 10.3 Å². The lowest BCUT2D eigenvalue weighted by atomic mass is 10.1. The molecule has 1 aromatic carbocycles. The number of furan rings is 1. The Labute approximate surface area is 121 Å². The predicted molar refractivity (Wildman–Crippen MR) is 84.6 cm³/mol. The van der Waals surface area contributed by atoms with Crippen molar-refractivity contribution < 1.29 is 4.42 Å². The average Bonchev–Trinajstić information content (AvgIpc) is 2.86. The smallest absolute Gasteiger partial charge is 0.137 e. The highest BCUT2D eigenvalue weighted by Crippen LogP contribution is 2.35. The second-order valence-electron chi connectivity index (χ2n) is 4.77. The van der Waals surface area contributed by atoms with Gasteiger partial charge in [-0.1, -0.05) is 18.2 Å². The second-order valence-corrected chi connectivity index (χ2v) is 7.27. The Morgan fingerprint density at radius 3 is 3.00 bits per heavy atom. The first-order valence-corrected chi connectivity index (χ1v) is 8.64. The number of benzene rings is 1. The molecule has 2 atom stereocenters. The minimum absolute atomic E-state index is 0.0876. The number of para-hydroxylation sites is 1. The van der Waals surface area contributed by atoms with Crippen molar-refractivity contribution in [2.45, 2.75) is 18.2 Å². The van der Waals surface area contributed by atoms with E-state index in [1.165, 1.54) is 17.1 Å². The molecule has 0 amide bonds. The number of thioether (sulfide) groups is 2. The topological polar surface area (TPSA) is 51.2 Å². The lowest BCUT2D eigenvalue weighted by Gasteiger charge is -2.27. The molecule has 5 heteroatoms. The van der Waals surface area contributed by atoms with E-state index >= 15 is 0 Å². The van der Waals surface area contributed by atoms with Gasteiger partial charge in [0.1, 0.15) is 11.3 Å². The highest BCUT2D eigenvalue weighted by atomic mass is 32.2. The molecule has 1 aromatic heterocycles. The lowest BCUT2D eigenvalue weighted by molar-refractivity contribution is 0.435. The van der Waals surface area contributed by atoms with Crippen LogP contribution in [0.25, 0.3) is 11.0 Å². The Balaban J connectivity index is 1.94. The van der Waals surface area contributed by atoms with Crippen molar-refractivity contribution in [3.63, 3.8) is 0 Å². The molecule has 0 aliphatic carbocycles. The van der Waals surface area contributed by atoms with Gasteiger partial charge in [0.25, 0.3) is 0 Å². The van der Waals surface area contributed by atoms with Crippen LogP contribution in [0.2, 0.25) is 0 Å². The Bertz CT molecular complexity index is 564. The molecule has 102 valence electrons. The van der Waals surface area contributed by atoms with Crippen LogP contribution >= 0.6 is 23.5 Å². The summed E-state index contributed by atoms with van der Waals surface area (Å²) in [7, 11) is 0. The van der Waals surface area contributed by atoms with Gasteiger partial charge in [0.2, 0.25) is 0 Å². The van der Waals surface area contributed by atoms with Crippen molar-refractivity contribution in [3.8, 4) is 0 Å². The van der Waals surface area contributed by atoms with Crippen LogP contribution in [0.4, 0.5) is 0 Å². The van der Waals surface area contributed by atoms with Crippen LogP contribution in [0.5, 0.6) is 0 Å². The van der Waals surface area contributed by atoms with Crippen LogP contribution < -0.4 is 11.3 Å². The Morgan fingerprint density at radius 2 is 2.32 bits per heavy atom. The minimum atomic E-state index is 0.0876. The molecule has 19 heavy (non-hydrogen) atoms. The molecule has 2 aromatic rings. The van der Waals surface area contributed by atoms with Crippen LogP contribution in [-0.4, -0.2) is 22.5 Å². The van der Waals surface area contributed by atoms with E-state index in [1.807, 2.05) is 23.5 Å². The van der Waals surface area contributed by atoms with E-state index in [0.29, 0.717) is 5.25 Å². The van der Waals surface area contributed by atoms with Crippen LogP contribution in [0.3, 0.4) is 0 Å². The molecule has 3 nitrogen and oxygen atoms in total. The summed E-state index contributed by atoms with van der Waals surface area (Å²) in [6.45, 7) is 2.08. The van der Waals surface area contributed by atoms with Crippen molar-refractivity contribution in [3.05, 3.63) is 35.6 Å². The maximum absolute atomic E-state index is 6.04. The molecule has 2 unspecified atom stereocenters. The largest absolute Gasteiger partial charge is 0.459 e. The van der Waals surface area contributed by atoms with E-state index in [2.05, 4.69) is 36.6 Å². The number of fused-ring (bicyclic) bond motifs is 1. The summed E-state index contributed by atoms with van der Waals surface area (Å²) in [5, 5.41) is 1.63. The third-order valence-corrected chi connectivity index (χ3v) is 6.32. The normalized spacial score (nSPS) is 21.7. The fourth-order valence-corrected chi connectivity index (χ4v) is 5.28. The quantitative estimate of drug-likeness (QED) is 0.673. The van der Waals surface area contributed by atoms with Gasteiger partial charge >= 0.3 is 0 Å². The van der Waals surface area contributed by atoms with Crippen molar-refractivity contribution in [1.29, 1.82) is 0 Å². The third-order valence-electron chi connectivity index (χ3n) is 3.46. The molecule has 0 spiro atoms. The number of rotatable bonds is 3. The summed E-state index contributed by atoms with van der Waals surface area (Å²) in [6, 6.07) is 8.43. The van der Waals surface area contributed by atoms with Gasteiger partial charge in [-0.25, -0.2) is 5.43 Å². The molecule has 3 rings (SSSR count). The number of hydrazine groups is 1. The van der Waals surface area contributed by atoms with Gasteiger partial charge in [-0.2, -0.15) is 23.5 Å². The highest BCUT2D eigenvalue weighted by Gasteiger charge is 2.27. The van der Waals surface area contributed by atoms with Crippen molar-refractivity contribution in [1.82, 2.24) is 5.43 Å². The summed E-state index contributed by atoms with van der Waals surface area (Å²) in [5.41, 5.74) is 5.09. The molecule has 2 heterocycles. The van der Waals surface area contributed by atoms with Gasteiger partial charge in [0, 0.05) is 27.9 Å². The molecular formula is C14H18N2OS2. The first kappa shape index (κ1) is 13.4. The molecule has 1 aliphatic heterocycles. The maximum atomic E-state index is 6.04. The molecule has 0 radical (unpaired) electrons. The first-order valence-electron chi connectivity index (χ1n) is 6.44. The zero-order valence-corrected chi connectivity index (χ0v) is 12.5. The molecule has 0 saturated carbocycles. The van der Waals surface area contributed by atoms with Crippen molar-refractivity contribution in [2.75, 3.05) is 17.3 Å². The SMILES string of the molecule is Cc1cccc2cc(C(NN)C3CSCCS3)oc12. The van der Waals surface area contributed by atoms with Gasteiger partial charge in [-0.15, -0.1) is 0 Å². The van der Waals surface area contributed by atoms with Gasteiger partial charge in [0.15, 0.2) is 0 Å². The first-order chi connectivity index (χ1) is 9.29. The molecule has 1 aliphatic rings. The molecule has 1 fully saturated rings. The zero-order valence-electron chi connectivity index (χ0n) is 10.9.